The van der Waals surface area contributed by atoms with Crippen LogP contribution in [0.15, 0.2) is 107 Å². The molecule has 6 aromatic rings. The van der Waals surface area contributed by atoms with Crippen molar-refractivity contribution in [3.05, 3.63) is 151 Å². The van der Waals surface area contributed by atoms with E-state index in [-0.39, 0.29) is 35.1 Å². The summed E-state index contributed by atoms with van der Waals surface area (Å²) in [7, 11) is 3.16. The predicted octanol–water partition coefficient (Wildman–Crippen LogP) is 7.84. The molecule has 4 aliphatic rings. The summed E-state index contributed by atoms with van der Waals surface area (Å²) in [5.41, 5.74) is 6.80. The first-order valence-corrected chi connectivity index (χ1v) is 29.0. The summed E-state index contributed by atoms with van der Waals surface area (Å²) in [6.45, 7) is 19.4. The topological polar surface area (TPSA) is 187 Å². The molecule has 440 valence electrons. The molecule has 4 aliphatic heterocycles. The Morgan fingerprint density at radius 1 is 0.590 bits per heavy atom. The fourth-order valence-corrected chi connectivity index (χ4v) is 11.1. The second kappa shape index (κ2) is 27.4. The number of rotatable bonds is 16. The average molecular weight is 1130 g/mol. The van der Waals surface area contributed by atoms with Crippen LogP contribution in [0.5, 0.6) is 23.0 Å². The minimum atomic E-state index is -0.606. The molecular weight excluding hydrogens is 1050 g/mol. The van der Waals surface area contributed by atoms with E-state index in [0.717, 1.165) is 132 Å². The van der Waals surface area contributed by atoms with Gasteiger partial charge in [-0.2, -0.15) is 0 Å². The van der Waals surface area contributed by atoms with Crippen molar-refractivity contribution in [3.8, 4) is 23.0 Å². The van der Waals surface area contributed by atoms with E-state index in [2.05, 4.69) is 43.9 Å². The fourth-order valence-electron chi connectivity index (χ4n) is 11.1. The van der Waals surface area contributed by atoms with Gasteiger partial charge in [0.1, 0.15) is 32.0 Å². The number of aromatic nitrogens is 2. The van der Waals surface area contributed by atoms with Crippen molar-refractivity contribution in [2.75, 3.05) is 79.8 Å². The summed E-state index contributed by atoms with van der Waals surface area (Å²) < 4.78 is 32.3. The Labute approximate surface area is 486 Å². The number of nitrogens with zero attached hydrogens (tertiary/aromatic N) is 5. The number of carbonyl (C=O) groups is 3. The number of hydrogen-bond donors (Lipinski definition) is 3. The molecule has 0 saturated carbocycles. The molecule has 2 saturated heterocycles. The first kappa shape index (κ1) is 59.7. The Balaban J connectivity index is 0.000000202. The molecule has 3 amide bonds. The van der Waals surface area contributed by atoms with Gasteiger partial charge >= 0.3 is 6.09 Å². The van der Waals surface area contributed by atoms with Gasteiger partial charge in [-0.15, -0.1) is 0 Å². The van der Waals surface area contributed by atoms with E-state index < -0.39 is 5.60 Å². The van der Waals surface area contributed by atoms with Gasteiger partial charge in [0.05, 0.1) is 11.0 Å². The zero-order chi connectivity index (χ0) is 58.6. The summed E-state index contributed by atoms with van der Waals surface area (Å²) in [5, 5.41) is 10.7. The van der Waals surface area contributed by atoms with E-state index in [1.165, 1.54) is 17.7 Å². The van der Waals surface area contributed by atoms with Crippen LogP contribution in [0.3, 0.4) is 0 Å². The Morgan fingerprint density at radius 3 is 1.53 bits per heavy atom. The van der Waals surface area contributed by atoms with Gasteiger partial charge in [0.15, 0.2) is 23.0 Å². The number of benzene rings is 4. The van der Waals surface area contributed by atoms with Gasteiger partial charge in [0.25, 0.3) is 11.1 Å². The Hall–Kier alpha value is -7.93. The van der Waals surface area contributed by atoms with Crippen molar-refractivity contribution in [1.82, 2.24) is 39.8 Å². The molecule has 83 heavy (non-hydrogen) atoms. The molecule has 0 spiro atoms. The van der Waals surface area contributed by atoms with Crippen molar-refractivity contribution in [2.24, 2.45) is 0 Å². The molecule has 2 fully saturated rings. The number of pyridine rings is 2. The van der Waals surface area contributed by atoms with Gasteiger partial charge in [0.2, 0.25) is 11.8 Å². The second-order valence-corrected chi connectivity index (χ2v) is 22.7. The van der Waals surface area contributed by atoms with Crippen LogP contribution in [-0.2, 0) is 40.5 Å². The van der Waals surface area contributed by atoms with Gasteiger partial charge in [-0.05, 0) is 155 Å². The van der Waals surface area contributed by atoms with E-state index in [1.807, 2.05) is 103 Å². The number of aryl methyl sites for hydroxylation is 2. The van der Waals surface area contributed by atoms with Crippen molar-refractivity contribution in [2.45, 2.75) is 104 Å². The molecular formula is C65H80N8O10. The highest BCUT2D eigenvalue weighted by atomic mass is 16.6. The number of hydrogen-bond acceptors (Lipinski definition) is 13. The number of fused-ring (bicyclic) bond motifs is 4. The van der Waals surface area contributed by atoms with Gasteiger partial charge in [-0.3, -0.25) is 19.2 Å². The van der Waals surface area contributed by atoms with E-state index in [0.29, 0.717) is 64.4 Å². The fraction of sp³-hybridized carbons (Fsp3) is 0.431. The smallest absolute Gasteiger partial charge is 0.410 e. The first-order valence-electron chi connectivity index (χ1n) is 29.0. The number of ether oxygens (including phenoxy) is 5. The molecule has 0 unspecified atom stereocenters. The van der Waals surface area contributed by atoms with Crippen molar-refractivity contribution in [3.63, 3.8) is 0 Å². The van der Waals surface area contributed by atoms with Crippen molar-refractivity contribution >= 4 is 51.9 Å². The van der Waals surface area contributed by atoms with Crippen LogP contribution < -0.4 is 46.0 Å². The lowest BCUT2D eigenvalue weighted by molar-refractivity contribution is -0.116. The number of piperidine rings is 2. The maximum Gasteiger partial charge on any atom is 0.410 e. The monoisotopic (exact) mass is 1130 g/mol. The molecule has 0 aliphatic carbocycles. The van der Waals surface area contributed by atoms with E-state index >= 15 is 0 Å². The minimum absolute atomic E-state index is 0.0156. The summed E-state index contributed by atoms with van der Waals surface area (Å²) in [6.07, 6.45) is 9.71. The standard InChI is InChI=1S/C35H44N4O6.C30H36N4O4/c1-24-6-9-28-26(8-11-32(40)36-5)22-33(41)38(29(28)20-24)17-16-37-14-12-27(13-15-37)39(34(42)45-35(2,3)4)23-25-7-10-30-31(21-25)44-19-18-43-30;1-21-3-6-25-23(5-8-29(35)31-2)19-30(36)34(26(25)17-21)14-13-33-11-9-24(10-12-33)32-20-22-4-7-27-28(18-22)38-16-15-37-27/h6-11,20-22,27H,12-19,23H2,1-5H3,(H,36,40);3-8,17-19,24,32H,9-16,20H2,1-2H3,(H,31,35)/b11-8+;8-5+. The molecule has 2 aromatic heterocycles. The zero-order valence-corrected chi connectivity index (χ0v) is 49.1. The van der Waals surface area contributed by atoms with Crippen LogP contribution in [0.1, 0.15) is 79.8 Å². The molecule has 0 radical (unpaired) electrons. The predicted molar refractivity (Wildman–Crippen MR) is 324 cm³/mol. The molecule has 6 heterocycles. The molecule has 18 nitrogen and oxygen atoms in total. The quantitative estimate of drug-likeness (QED) is 0.0797. The molecule has 0 bridgehead atoms. The third-order valence-electron chi connectivity index (χ3n) is 15.6. The lowest BCUT2D eigenvalue weighted by Crippen LogP contribution is -2.49. The molecule has 18 heteroatoms. The summed E-state index contributed by atoms with van der Waals surface area (Å²) in [5.74, 6) is 2.66. The molecule has 4 aromatic carbocycles. The largest absolute Gasteiger partial charge is 0.486 e. The van der Waals surface area contributed by atoms with Crippen LogP contribution in [0.4, 0.5) is 4.79 Å². The van der Waals surface area contributed by atoms with Crippen LogP contribution in [0.25, 0.3) is 34.0 Å². The Kier molecular flexibility index (Phi) is 19.7. The van der Waals surface area contributed by atoms with E-state index in [9.17, 15) is 24.0 Å². The van der Waals surface area contributed by atoms with Gasteiger partial charge < -0.3 is 63.5 Å². The Morgan fingerprint density at radius 2 is 1.05 bits per heavy atom. The Bertz CT molecular complexity index is 3470. The summed E-state index contributed by atoms with van der Waals surface area (Å²) in [4.78, 5) is 69.9. The highest BCUT2D eigenvalue weighted by molar-refractivity contribution is 5.97. The molecule has 3 N–H and O–H groups in total. The van der Waals surface area contributed by atoms with Crippen LogP contribution >= 0.6 is 0 Å². The van der Waals surface area contributed by atoms with Crippen LogP contribution in [0, 0.1) is 13.8 Å². The number of amides is 3. The average Bonchev–Trinajstić information content (AvgIpc) is 3.60. The summed E-state index contributed by atoms with van der Waals surface area (Å²) >= 11 is 0. The second-order valence-electron chi connectivity index (χ2n) is 22.7. The first-order chi connectivity index (χ1) is 40.0. The number of nitrogens with one attached hydrogen (secondary N) is 3. The lowest BCUT2D eigenvalue weighted by Gasteiger charge is -2.39. The van der Waals surface area contributed by atoms with Crippen molar-refractivity contribution in [1.29, 1.82) is 0 Å². The summed E-state index contributed by atoms with van der Waals surface area (Å²) in [6, 6.07) is 27.9. The highest BCUT2D eigenvalue weighted by Gasteiger charge is 2.32. The third-order valence-corrected chi connectivity index (χ3v) is 15.6. The van der Waals surface area contributed by atoms with Gasteiger partial charge in [-0.25, -0.2) is 4.79 Å². The van der Waals surface area contributed by atoms with Crippen LogP contribution in [-0.4, -0.2) is 139 Å². The maximum atomic E-state index is 13.4. The SMILES string of the molecule is CNC(=O)/C=C/c1cc(=O)n(CCN2CCC(N(Cc3ccc4c(c3)OCCO4)C(=O)OC(C)(C)C)CC2)c2cc(C)ccc12.CNC(=O)/C=C/c1cc(=O)n(CCN2CCC(NCc3ccc4c(c3)OCCO4)CC2)c2cc(C)ccc12. The van der Waals surface area contributed by atoms with E-state index in [4.69, 9.17) is 23.7 Å². The van der Waals surface area contributed by atoms with Gasteiger partial charge in [-0.1, -0.05) is 36.4 Å². The maximum absolute atomic E-state index is 13.4. The lowest BCUT2D eigenvalue weighted by atomic mass is 10.0. The third kappa shape index (κ3) is 15.8. The normalized spacial score (nSPS) is 16.0. The van der Waals surface area contributed by atoms with E-state index in [1.54, 1.807) is 38.4 Å². The van der Waals surface area contributed by atoms with Gasteiger partial charge in [0, 0.05) is 114 Å². The zero-order valence-electron chi connectivity index (χ0n) is 49.1. The number of likely N-dealkylation sites (N-methyl/N-ethyl adjacent to an activating group) is 2. The molecule has 10 rings (SSSR count). The number of carbonyl (C=O) groups excluding carboxylic acids is 3. The number of likely N-dealkylation sites (tertiary alicyclic amines) is 2. The molecule has 0 atom stereocenters. The van der Waals surface area contributed by atoms with Crippen molar-refractivity contribution < 1.29 is 38.1 Å². The highest BCUT2D eigenvalue weighted by Crippen LogP contribution is 2.33. The van der Waals surface area contributed by atoms with Crippen LogP contribution in [0.2, 0.25) is 0 Å². The minimum Gasteiger partial charge on any atom is -0.486 e.